The third-order valence-electron chi connectivity index (χ3n) is 1.65. The van der Waals surface area contributed by atoms with Crippen LogP contribution in [0.25, 0.3) is 0 Å². The number of hydrogen-bond donors (Lipinski definition) is 1. The maximum absolute atomic E-state index is 8.47. The maximum atomic E-state index is 8.47. The number of guanidine groups is 1. The highest BCUT2D eigenvalue weighted by molar-refractivity contribution is 5.78. The van der Waals surface area contributed by atoms with Crippen LogP contribution in [0.1, 0.15) is 34.1 Å². The van der Waals surface area contributed by atoms with Crippen molar-refractivity contribution in [3.8, 4) is 6.07 Å². The second kappa shape index (κ2) is 5.48. The lowest BCUT2D eigenvalue weighted by Crippen LogP contribution is -2.39. The monoisotopic (exact) mass is 196 g/mol. The van der Waals surface area contributed by atoms with Crippen LogP contribution >= 0.6 is 0 Å². The number of nitriles is 1. The topological polar surface area (TPSA) is 65.4 Å². The molecule has 0 atom stereocenters. The predicted octanol–water partition coefficient (Wildman–Crippen LogP) is 1.34. The van der Waals surface area contributed by atoms with Crippen molar-refractivity contribution in [3.63, 3.8) is 0 Å². The van der Waals surface area contributed by atoms with Gasteiger partial charge in [-0.25, -0.2) is 4.99 Å². The number of nitrogens with two attached hydrogens (primary N) is 1. The van der Waals surface area contributed by atoms with Crippen molar-refractivity contribution in [1.82, 2.24) is 4.90 Å². The Bertz CT molecular complexity index is 231. The molecular weight excluding hydrogens is 176 g/mol. The van der Waals surface area contributed by atoms with Gasteiger partial charge < -0.3 is 10.6 Å². The van der Waals surface area contributed by atoms with Gasteiger partial charge in [0.15, 0.2) is 5.96 Å². The Labute approximate surface area is 86.4 Å². The van der Waals surface area contributed by atoms with Gasteiger partial charge in [0, 0.05) is 13.1 Å². The van der Waals surface area contributed by atoms with E-state index >= 15 is 0 Å². The van der Waals surface area contributed by atoms with Crippen LogP contribution in [0.4, 0.5) is 0 Å². The van der Waals surface area contributed by atoms with Crippen LogP contribution in [0.5, 0.6) is 0 Å². The molecule has 0 amide bonds. The van der Waals surface area contributed by atoms with Crippen LogP contribution in [0, 0.1) is 11.3 Å². The second-order valence-corrected chi connectivity index (χ2v) is 4.13. The number of rotatable bonds is 3. The zero-order valence-corrected chi connectivity index (χ0v) is 9.54. The third kappa shape index (κ3) is 5.41. The molecule has 0 spiro atoms. The van der Waals surface area contributed by atoms with Crippen LogP contribution in [-0.2, 0) is 0 Å². The molecule has 0 saturated heterocycles. The summed E-state index contributed by atoms with van der Waals surface area (Å²) in [5.74, 6) is 0.523. The molecule has 14 heavy (non-hydrogen) atoms. The molecule has 4 nitrogen and oxygen atoms in total. The number of nitrogens with zero attached hydrogens (tertiary/aromatic N) is 3. The maximum Gasteiger partial charge on any atom is 0.191 e. The fourth-order valence-corrected chi connectivity index (χ4v) is 1.03. The lowest BCUT2D eigenvalue weighted by molar-refractivity contribution is 0.433. The van der Waals surface area contributed by atoms with E-state index in [1.807, 2.05) is 32.6 Å². The van der Waals surface area contributed by atoms with E-state index in [2.05, 4.69) is 11.1 Å². The van der Waals surface area contributed by atoms with Gasteiger partial charge in [0.2, 0.25) is 0 Å². The first-order chi connectivity index (χ1) is 6.40. The third-order valence-corrected chi connectivity index (χ3v) is 1.65. The van der Waals surface area contributed by atoms with E-state index in [1.165, 1.54) is 0 Å². The summed E-state index contributed by atoms with van der Waals surface area (Å²) in [7, 11) is 0. The van der Waals surface area contributed by atoms with Crippen molar-refractivity contribution in [2.75, 3.05) is 13.1 Å². The zero-order valence-electron chi connectivity index (χ0n) is 9.54. The minimum Gasteiger partial charge on any atom is -0.370 e. The summed E-state index contributed by atoms with van der Waals surface area (Å²) in [6, 6.07) is 2.10. The molecule has 0 bridgehead atoms. The van der Waals surface area contributed by atoms with Crippen molar-refractivity contribution in [2.24, 2.45) is 10.7 Å². The van der Waals surface area contributed by atoms with Crippen LogP contribution in [-0.4, -0.2) is 29.5 Å². The van der Waals surface area contributed by atoms with E-state index in [0.29, 0.717) is 18.9 Å². The summed E-state index contributed by atoms with van der Waals surface area (Å²) in [5.41, 5.74) is 5.66. The Morgan fingerprint density at radius 3 is 2.43 bits per heavy atom. The molecule has 0 heterocycles. The van der Waals surface area contributed by atoms with Crippen LogP contribution in [0.2, 0.25) is 0 Å². The molecule has 0 aromatic heterocycles. The normalized spacial score (nSPS) is 12.4. The Kier molecular flexibility index (Phi) is 5.00. The van der Waals surface area contributed by atoms with Gasteiger partial charge in [-0.3, -0.25) is 0 Å². The first-order valence-electron chi connectivity index (χ1n) is 4.88. The van der Waals surface area contributed by atoms with E-state index in [-0.39, 0.29) is 5.54 Å². The second-order valence-electron chi connectivity index (χ2n) is 4.13. The molecule has 80 valence electrons. The van der Waals surface area contributed by atoms with Gasteiger partial charge in [0.25, 0.3) is 0 Å². The summed E-state index contributed by atoms with van der Waals surface area (Å²) in [4.78, 5) is 6.26. The van der Waals surface area contributed by atoms with Crippen LogP contribution in [0.3, 0.4) is 0 Å². The Morgan fingerprint density at radius 1 is 1.50 bits per heavy atom. The molecule has 0 aromatic carbocycles. The van der Waals surface area contributed by atoms with Crippen molar-refractivity contribution in [1.29, 1.82) is 5.26 Å². The Balaban J connectivity index is 4.39. The molecule has 2 N–H and O–H groups in total. The van der Waals surface area contributed by atoms with E-state index < -0.39 is 0 Å². The number of hydrogen-bond acceptors (Lipinski definition) is 2. The van der Waals surface area contributed by atoms with Gasteiger partial charge in [-0.05, 0) is 27.7 Å². The lowest BCUT2D eigenvalue weighted by Gasteiger charge is -2.23. The minimum atomic E-state index is -0.163. The molecule has 0 aliphatic carbocycles. The Morgan fingerprint density at radius 2 is 2.07 bits per heavy atom. The summed E-state index contributed by atoms with van der Waals surface area (Å²) in [6.07, 6.45) is 0.480. The smallest absolute Gasteiger partial charge is 0.191 e. The fraction of sp³-hybridized carbons (Fsp3) is 0.800. The molecule has 0 aromatic rings. The van der Waals surface area contributed by atoms with Crippen molar-refractivity contribution in [2.45, 2.75) is 39.7 Å². The zero-order chi connectivity index (χ0) is 11.2. The molecule has 0 fully saturated rings. The van der Waals surface area contributed by atoms with Crippen LogP contribution in [0.15, 0.2) is 4.99 Å². The van der Waals surface area contributed by atoms with Crippen molar-refractivity contribution >= 4 is 5.96 Å². The standard InChI is InChI=1S/C10H20N4/c1-5-14(8-6-7-11)9(12)13-10(2,3)4/h5-6,8H2,1-4H3,(H2,12,13). The minimum absolute atomic E-state index is 0.163. The highest BCUT2D eigenvalue weighted by Crippen LogP contribution is 2.06. The Hall–Kier alpha value is -1.24. The number of aliphatic imine (C=N–C) groups is 1. The van der Waals surface area contributed by atoms with Crippen LogP contribution < -0.4 is 5.73 Å². The van der Waals surface area contributed by atoms with Gasteiger partial charge in [-0.15, -0.1) is 0 Å². The first-order valence-corrected chi connectivity index (χ1v) is 4.88. The molecular formula is C10H20N4. The van der Waals surface area contributed by atoms with E-state index in [4.69, 9.17) is 11.0 Å². The van der Waals surface area contributed by atoms with Crippen molar-refractivity contribution in [3.05, 3.63) is 0 Å². The first kappa shape index (κ1) is 12.8. The summed E-state index contributed by atoms with van der Waals surface area (Å²) < 4.78 is 0. The summed E-state index contributed by atoms with van der Waals surface area (Å²) in [5, 5.41) is 8.47. The van der Waals surface area contributed by atoms with E-state index in [9.17, 15) is 0 Å². The summed E-state index contributed by atoms with van der Waals surface area (Å²) >= 11 is 0. The van der Waals surface area contributed by atoms with Gasteiger partial charge in [-0.2, -0.15) is 5.26 Å². The average Bonchev–Trinajstić information content (AvgIpc) is 2.02. The molecule has 0 aliphatic heterocycles. The summed E-state index contributed by atoms with van der Waals surface area (Å²) in [6.45, 7) is 9.43. The van der Waals surface area contributed by atoms with Gasteiger partial charge in [-0.1, -0.05) is 0 Å². The predicted molar refractivity (Wildman–Crippen MR) is 58.9 cm³/mol. The average molecular weight is 196 g/mol. The van der Waals surface area contributed by atoms with Gasteiger partial charge >= 0.3 is 0 Å². The quantitative estimate of drug-likeness (QED) is 0.547. The molecule has 0 radical (unpaired) electrons. The largest absolute Gasteiger partial charge is 0.370 e. The molecule has 4 heteroatoms. The molecule has 0 aliphatic rings. The van der Waals surface area contributed by atoms with Gasteiger partial charge in [0.1, 0.15) is 0 Å². The molecule has 0 rings (SSSR count). The van der Waals surface area contributed by atoms with Crippen molar-refractivity contribution < 1.29 is 0 Å². The SMILES string of the molecule is CCN(CCC#N)C(N)=NC(C)(C)C. The fourth-order valence-electron chi connectivity index (χ4n) is 1.03. The highest BCUT2D eigenvalue weighted by Gasteiger charge is 2.11. The van der Waals surface area contributed by atoms with E-state index in [0.717, 1.165) is 6.54 Å². The van der Waals surface area contributed by atoms with E-state index in [1.54, 1.807) is 0 Å². The molecule has 0 saturated carbocycles. The van der Waals surface area contributed by atoms with Gasteiger partial charge in [0.05, 0.1) is 18.0 Å². The highest BCUT2D eigenvalue weighted by atomic mass is 15.3. The lowest BCUT2D eigenvalue weighted by atomic mass is 10.1. The molecule has 0 unspecified atom stereocenters.